The van der Waals surface area contributed by atoms with Crippen LogP contribution in [0.5, 0.6) is 0 Å². The number of carboxylic acids is 1. The number of hydrogen-bond donors (Lipinski definition) is 3. The van der Waals surface area contributed by atoms with Gasteiger partial charge in [-0.05, 0) is 18.1 Å². The summed E-state index contributed by atoms with van der Waals surface area (Å²) >= 11 is 0. The smallest absolute Gasteiger partial charge is 0.329 e. The SMILES string of the molecule is CCC(NC(=O)NS(=O)(=O)/C=C/c1ccccc1)C(=O)O. The maximum atomic E-state index is 11.6. The summed E-state index contributed by atoms with van der Waals surface area (Å²) in [6.07, 6.45) is 1.47. The van der Waals surface area contributed by atoms with Crippen molar-refractivity contribution in [2.75, 3.05) is 0 Å². The van der Waals surface area contributed by atoms with Crippen molar-refractivity contribution < 1.29 is 23.1 Å². The van der Waals surface area contributed by atoms with E-state index in [-0.39, 0.29) is 6.42 Å². The Morgan fingerprint density at radius 2 is 1.90 bits per heavy atom. The monoisotopic (exact) mass is 312 g/mol. The Balaban J connectivity index is 2.66. The highest BCUT2D eigenvalue weighted by molar-refractivity contribution is 7.93. The molecule has 1 aromatic rings. The van der Waals surface area contributed by atoms with Crippen LogP contribution in [0.1, 0.15) is 18.9 Å². The summed E-state index contributed by atoms with van der Waals surface area (Å²) in [7, 11) is -3.99. The first-order chi connectivity index (χ1) is 9.84. The van der Waals surface area contributed by atoms with Crippen LogP contribution >= 0.6 is 0 Å². The van der Waals surface area contributed by atoms with E-state index in [0.717, 1.165) is 5.41 Å². The van der Waals surface area contributed by atoms with Crippen LogP contribution in [0.3, 0.4) is 0 Å². The van der Waals surface area contributed by atoms with Gasteiger partial charge in [-0.1, -0.05) is 37.3 Å². The van der Waals surface area contributed by atoms with E-state index in [1.165, 1.54) is 6.08 Å². The molecule has 0 aliphatic heterocycles. The molecule has 114 valence electrons. The van der Waals surface area contributed by atoms with Crippen LogP contribution in [0, 0.1) is 0 Å². The largest absolute Gasteiger partial charge is 0.480 e. The molecule has 3 N–H and O–H groups in total. The molecule has 1 rings (SSSR count). The molecule has 0 spiro atoms. The molecule has 0 radical (unpaired) electrons. The third-order valence-corrected chi connectivity index (χ3v) is 3.45. The fourth-order valence-corrected chi connectivity index (χ4v) is 2.14. The summed E-state index contributed by atoms with van der Waals surface area (Å²) in [5.41, 5.74) is 0.653. The predicted octanol–water partition coefficient (Wildman–Crippen LogP) is 1.15. The second-order valence-electron chi connectivity index (χ2n) is 4.13. The van der Waals surface area contributed by atoms with Gasteiger partial charge in [0.2, 0.25) is 0 Å². The van der Waals surface area contributed by atoms with Gasteiger partial charge in [0.15, 0.2) is 0 Å². The maximum Gasteiger partial charge on any atom is 0.329 e. The minimum absolute atomic E-state index is 0.142. The molecule has 21 heavy (non-hydrogen) atoms. The minimum atomic E-state index is -3.99. The highest BCUT2D eigenvalue weighted by Gasteiger charge is 2.19. The lowest BCUT2D eigenvalue weighted by molar-refractivity contribution is -0.139. The number of carbonyl (C=O) groups is 2. The third kappa shape index (κ3) is 6.09. The summed E-state index contributed by atoms with van der Waals surface area (Å²) in [6.45, 7) is 1.56. The van der Waals surface area contributed by atoms with E-state index in [9.17, 15) is 18.0 Å². The predicted molar refractivity (Wildman–Crippen MR) is 77.8 cm³/mol. The third-order valence-electron chi connectivity index (χ3n) is 2.49. The second kappa shape index (κ2) is 7.44. The van der Waals surface area contributed by atoms with E-state index in [2.05, 4.69) is 5.32 Å². The van der Waals surface area contributed by atoms with Crippen LogP contribution in [-0.2, 0) is 14.8 Å². The Morgan fingerprint density at radius 1 is 1.29 bits per heavy atom. The van der Waals surface area contributed by atoms with E-state index < -0.39 is 28.1 Å². The number of amides is 2. The van der Waals surface area contributed by atoms with Crippen molar-refractivity contribution in [2.24, 2.45) is 0 Å². The van der Waals surface area contributed by atoms with Crippen molar-refractivity contribution in [3.63, 3.8) is 0 Å². The molecule has 0 bridgehead atoms. The van der Waals surface area contributed by atoms with E-state index in [1.54, 1.807) is 42.0 Å². The van der Waals surface area contributed by atoms with Gasteiger partial charge in [0.1, 0.15) is 6.04 Å². The van der Waals surface area contributed by atoms with Gasteiger partial charge in [-0.3, -0.25) is 0 Å². The normalized spacial score (nSPS) is 12.8. The van der Waals surface area contributed by atoms with Crippen molar-refractivity contribution in [3.8, 4) is 0 Å². The number of carbonyl (C=O) groups excluding carboxylic acids is 1. The zero-order chi connectivity index (χ0) is 15.9. The maximum absolute atomic E-state index is 11.6. The van der Waals surface area contributed by atoms with Crippen molar-refractivity contribution in [3.05, 3.63) is 41.3 Å². The number of carboxylic acid groups (broad SMARTS) is 1. The van der Waals surface area contributed by atoms with Crippen LogP contribution in [0.4, 0.5) is 4.79 Å². The van der Waals surface area contributed by atoms with Gasteiger partial charge in [0, 0.05) is 0 Å². The van der Waals surface area contributed by atoms with E-state index in [0.29, 0.717) is 5.56 Å². The molecule has 0 aliphatic rings. The van der Waals surface area contributed by atoms with Gasteiger partial charge in [0.25, 0.3) is 10.0 Å². The van der Waals surface area contributed by atoms with Gasteiger partial charge in [-0.2, -0.15) is 0 Å². The fourth-order valence-electron chi connectivity index (χ4n) is 1.42. The first-order valence-corrected chi connectivity index (χ1v) is 7.68. The topological polar surface area (TPSA) is 113 Å². The Kier molecular flexibility index (Phi) is 5.92. The fraction of sp³-hybridized carbons (Fsp3) is 0.231. The first-order valence-electron chi connectivity index (χ1n) is 6.13. The molecule has 8 heteroatoms. The highest BCUT2D eigenvalue weighted by atomic mass is 32.2. The molecule has 0 saturated heterocycles. The molecular formula is C13H16N2O5S. The van der Waals surface area contributed by atoms with E-state index in [4.69, 9.17) is 5.11 Å². The zero-order valence-corrected chi connectivity index (χ0v) is 12.1. The molecule has 0 aromatic heterocycles. The molecule has 0 aliphatic carbocycles. The molecule has 7 nitrogen and oxygen atoms in total. The van der Waals surface area contributed by atoms with Crippen LogP contribution in [0.25, 0.3) is 6.08 Å². The van der Waals surface area contributed by atoms with Crippen LogP contribution in [-0.4, -0.2) is 31.6 Å². The molecule has 0 heterocycles. The van der Waals surface area contributed by atoms with Gasteiger partial charge < -0.3 is 10.4 Å². The summed E-state index contributed by atoms with van der Waals surface area (Å²) in [5, 5.41) is 11.7. The number of hydrogen-bond acceptors (Lipinski definition) is 4. The quantitative estimate of drug-likeness (QED) is 0.729. The zero-order valence-electron chi connectivity index (χ0n) is 11.3. The molecular weight excluding hydrogens is 296 g/mol. The lowest BCUT2D eigenvalue weighted by Crippen LogP contribution is -2.46. The van der Waals surface area contributed by atoms with Crippen LogP contribution in [0.2, 0.25) is 0 Å². The lowest BCUT2D eigenvalue weighted by atomic mass is 10.2. The standard InChI is InChI=1S/C13H16N2O5S/c1-2-11(12(16)17)14-13(18)15-21(19,20)9-8-10-6-4-3-5-7-10/h3-9,11H,2H2,1H3,(H,16,17)(H2,14,15,18)/b9-8+. The Morgan fingerprint density at radius 3 is 2.43 bits per heavy atom. The van der Waals surface area contributed by atoms with Gasteiger partial charge in [0.05, 0.1) is 5.41 Å². The summed E-state index contributed by atoms with van der Waals surface area (Å²) in [5.74, 6) is -1.23. The number of sulfonamides is 1. The van der Waals surface area contributed by atoms with Crippen molar-refractivity contribution >= 4 is 28.1 Å². The molecule has 0 saturated carbocycles. The summed E-state index contributed by atoms with van der Waals surface area (Å²) in [4.78, 5) is 22.2. The Bertz CT molecular complexity index is 625. The van der Waals surface area contributed by atoms with Gasteiger partial charge in [-0.15, -0.1) is 0 Å². The van der Waals surface area contributed by atoms with Crippen molar-refractivity contribution in [1.82, 2.24) is 10.0 Å². The Hall–Kier alpha value is -2.35. The van der Waals surface area contributed by atoms with Gasteiger partial charge >= 0.3 is 12.0 Å². The van der Waals surface area contributed by atoms with Crippen LogP contribution < -0.4 is 10.0 Å². The molecule has 2 amide bonds. The number of nitrogens with one attached hydrogen (secondary N) is 2. The minimum Gasteiger partial charge on any atom is -0.480 e. The average Bonchev–Trinajstić information content (AvgIpc) is 2.43. The highest BCUT2D eigenvalue weighted by Crippen LogP contribution is 2.02. The Labute approximate surface area is 122 Å². The first kappa shape index (κ1) is 16.7. The van der Waals surface area contributed by atoms with Crippen LogP contribution in [0.15, 0.2) is 35.7 Å². The van der Waals surface area contributed by atoms with Gasteiger partial charge in [-0.25, -0.2) is 22.7 Å². The van der Waals surface area contributed by atoms with Crippen molar-refractivity contribution in [1.29, 1.82) is 0 Å². The lowest BCUT2D eigenvalue weighted by Gasteiger charge is -2.12. The summed E-state index contributed by atoms with van der Waals surface area (Å²) < 4.78 is 25.0. The number of rotatable bonds is 6. The second-order valence-corrected chi connectivity index (χ2v) is 5.70. The number of benzene rings is 1. The van der Waals surface area contributed by atoms with Crippen molar-refractivity contribution in [2.45, 2.75) is 19.4 Å². The summed E-state index contributed by atoms with van der Waals surface area (Å²) in [6, 6.07) is 6.44. The molecule has 1 aromatic carbocycles. The van der Waals surface area contributed by atoms with E-state index in [1.807, 2.05) is 0 Å². The molecule has 1 atom stereocenters. The average molecular weight is 312 g/mol. The number of urea groups is 1. The van der Waals surface area contributed by atoms with E-state index >= 15 is 0 Å². The number of aliphatic carboxylic acids is 1. The molecule has 1 unspecified atom stereocenters. The molecule has 0 fully saturated rings.